The first kappa shape index (κ1) is 12.1. The quantitative estimate of drug-likeness (QED) is 0.823. The van der Waals surface area contributed by atoms with Gasteiger partial charge in [0.05, 0.1) is 12.6 Å². The second kappa shape index (κ2) is 5.29. The molecule has 0 saturated carbocycles. The van der Waals surface area contributed by atoms with Crippen LogP contribution in [0.5, 0.6) is 0 Å². The van der Waals surface area contributed by atoms with Crippen LogP contribution in [0.3, 0.4) is 0 Å². The maximum absolute atomic E-state index is 11.4. The van der Waals surface area contributed by atoms with Gasteiger partial charge in [0, 0.05) is 19.6 Å². The average Bonchev–Trinajstić information content (AvgIpc) is 2.33. The molecule has 2 rings (SSSR count). The molecule has 0 spiro atoms. The van der Waals surface area contributed by atoms with Gasteiger partial charge in [0.1, 0.15) is 0 Å². The van der Waals surface area contributed by atoms with Crippen molar-refractivity contribution in [3.63, 3.8) is 0 Å². The van der Waals surface area contributed by atoms with E-state index in [-0.39, 0.29) is 18.0 Å². The molecule has 4 nitrogen and oxygen atoms in total. The Kier molecular flexibility index (Phi) is 3.76. The van der Waals surface area contributed by atoms with Crippen molar-refractivity contribution in [2.45, 2.75) is 31.5 Å². The van der Waals surface area contributed by atoms with Crippen LogP contribution in [-0.4, -0.2) is 19.1 Å². The molecule has 0 bridgehead atoms. The predicted octanol–water partition coefficient (Wildman–Crippen LogP) is 1.11. The van der Waals surface area contributed by atoms with Gasteiger partial charge in [0.15, 0.2) is 0 Å². The minimum absolute atomic E-state index is 0.00880. The Labute approximate surface area is 101 Å². The van der Waals surface area contributed by atoms with E-state index in [0.29, 0.717) is 13.0 Å². The highest BCUT2D eigenvalue weighted by molar-refractivity contribution is 5.77. The molecule has 2 atom stereocenters. The van der Waals surface area contributed by atoms with Crippen molar-refractivity contribution in [1.82, 2.24) is 5.32 Å². The summed E-state index contributed by atoms with van der Waals surface area (Å²) in [7, 11) is 1.67. The summed E-state index contributed by atoms with van der Waals surface area (Å²) >= 11 is 0. The molecule has 1 heterocycles. The topological polar surface area (TPSA) is 64.3 Å². The van der Waals surface area contributed by atoms with Crippen LogP contribution < -0.4 is 11.1 Å². The van der Waals surface area contributed by atoms with Crippen molar-refractivity contribution in [2.24, 2.45) is 5.73 Å². The Balaban J connectivity index is 2.19. The Bertz CT molecular complexity index is 406. The first-order valence-electron chi connectivity index (χ1n) is 5.83. The molecule has 1 aliphatic rings. The minimum atomic E-state index is -0.0759. The van der Waals surface area contributed by atoms with E-state index < -0.39 is 0 Å². The molecule has 4 heteroatoms. The van der Waals surface area contributed by atoms with Crippen molar-refractivity contribution in [2.75, 3.05) is 7.11 Å². The summed E-state index contributed by atoms with van der Waals surface area (Å²) < 4.78 is 5.10. The lowest BCUT2D eigenvalue weighted by molar-refractivity contribution is -0.123. The smallest absolute Gasteiger partial charge is 0.220 e. The number of rotatable bonds is 3. The van der Waals surface area contributed by atoms with Gasteiger partial charge in [0.25, 0.3) is 0 Å². The normalized spacial score (nSPS) is 24.5. The van der Waals surface area contributed by atoms with Crippen molar-refractivity contribution < 1.29 is 9.53 Å². The molecule has 92 valence electrons. The van der Waals surface area contributed by atoms with E-state index in [1.807, 2.05) is 24.3 Å². The highest BCUT2D eigenvalue weighted by Gasteiger charge is 2.26. The standard InChI is InChI=1S/C13H18N2O2/c1-17-8-9-3-2-4-10(7-9)13-11(14)5-6-12(16)15-13/h2-4,7,11,13H,5-6,8,14H2,1H3,(H,15,16). The zero-order chi connectivity index (χ0) is 12.3. The van der Waals surface area contributed by atoms with E-state index in [2.05, 4.69) is 5.32 Å². The van der Waals surface area contributed by atoms with Gasteiger partial charge in [0.2, 0.25) is 5.91 Å². The molecule has 0 aliphatic carbocycles. The van der Waals surface area contributed by atoms with Gasteiger partial charge in [-0.3, -0.25) is 4.79 Å². The number of methoxy groups -OCH3 is 1. The van der Waals surface area contributed by atoms with Crippen molar-refractivity contribution >= 4 is 5.91 Å². The van der Waals surface area contributed by atoms with Gasteiger partial charge in [-0.1, -0.05) is 24.3 Å². The number of carbonyl (C=O) groups excluding carboxylic acids is 1. The number of hydrogen-bond acceptors (Lipinski definition) is 3. The third-order valence-electron chi connectivity index (χ3n) is 3.07. The van der Waals surface area contributed by atoms with Gasteiger partial charge in [-0.25, -0.2) is 0 Å². The fourth-order valence-electron chi connectivity index (χ4n) is 2.19. The maximum Gasteiger partial charge on any atom is 0.220 e. The molecule has 3 N–H and O–H groups in total. The summed E-state index contributed by atoms with van der Waals surface area (Å²) in [5.41, 5.74) is 8.20. The van der Waals surface area contributed by atoms with Crippen molar-refractivity contribution in [3.8, 4) is 0 Å². The molecule has 1 fully saturated rings. The van der Waals surface area contributed by atoms with Crippen LogP contribution in [0.4, 0.5) is 0 Å². The van der Waals surface area contributed by atoms with Crippen LogP contribution in [-0.2, 0) is 16.1 Å². The van der Waals surface area contributed by atoms with E-state index in [1.165, 1.54) is 0 Å². The Hall–Kier alpha value is -1.39. The van der Waals surface area contributed by atoms with E-state index in [4.69, 9.17) is 10.5 Å². The molecule has 1 aromatic rings. The SMILES string of the molecule is COCc1cccc(C2NC(=O)CCC2N)c1. The van der Waals surface area contributed by atoms with Crippen LogP contribution in [0, 0.1) is 0 Å². The number of benzene rings is 1. The molecule has 1 aliphatic heterocycles. The zero-order valence-corrected chi connectivity index (χ0v) is 9.98. The van der Waals surface area contributed by atoms with Crippen molar-refractivity contribution in [1.29, 1.82) is 0 Å². The van der Waals surface area contributed by atoms with Crippen LogP contribution in [0.15, 0.2) is 24.3 Å². The predicted molar refractivity (Wildman–Crippen MR) is 65.2 cm³/mol. The molecule has 0 radical (unpaired) electrons. The van der Waals surface area contributed by atoms with E-state index in [0.717, 1.165) is 17.5 Å². The number of ether oxygens (including phenoxy) is 1. The number of carbonyl (C=O) groups is 1. The molecular weight excluding hydrogens is 216 g/mol. The van der Waals surface area contributed by atoms with Crippen LogP contribution in [0.1, 0.15) is 30.0 Å². The summed E-state index contributed by atoms with van der Waals surface area (Å²) in [6, 6.07) is 7.92. The number of amides is 1. The van der Waals surface area contributed by atoms with Gasteiger partial charge >= 0.3 is 0 Å². The number of nitrogens with one attached hydrogen (secondary N) is 1. The summed E-state index contributed by atoms with van der Waals surface area (Å²) in [6.07, 6.45) is 1.26. The summed E-state index contributed by atoms with van der Waals surface area (Å²) in [6.45, 7) is 0.573. The third-order valence-corrected chi connectivity index (χ3v) is 3.07. The lowest BCUT2D eigenvalue weighted by Gasteiger charge is -2.30. The van der Waals surface area contributed by atoms with Gasteiger partial charge in [-0.2, -0.15) is 0 Å². The molecule has 17 heavy (non-hydrogen) atoms. The molecular formula is C13H18N2O2. The largest absolute Gasteiger partial charge is 0.380 e. The molecule has 0 aromatic heterocycles. The Morgan fingerprint density at radius 1 is 1.53 bits per heavy atom. The highest BCUT2D eigenvalue weighted by atomic mass is 16.5. The Morgan fingerprint density at radius 2 is 2.35 bits per heavy atom. The summed E-state index contributed by atoms with van der Waals surface area (Å²) in [5.74, 6) is 0.0776. The second-order valence-electron chi connectivity index (χ2n) is 4.43. The van der Waals surface area contributed by atoms with Crippen LogP contribution >= 0.6 is 0 Å². The van der Waals surface area contributed by atoms with Crippen molar-refractivity contribution in [3.05, 3.63) is 35.4 Å². The zero-order valence-electron chi connectivity index (χ0n) is 9.98. The van der Waals surface area contributed by atoms with Gasteiger partial charge < -0.3 is 15.8 Å². The van der Waals surface area contributed by atoms with Crippen LogP contribution in [0.25, 0.3) is 0 Å². The average molecular weight is 234 g/mol. The maximum atomic E-state index is 11.4. The number of piperidine rings is 1. The van der Waals surface area contributed by atoms with Gasteiger partial charge in [-0.05, 0) is 17.5 Å². The monoisotopic (exact) mass is 234 g/mol. The molecule has 1 amide bonds. The minimum Gasteiger partial charge on any atom is -0.380 e. The molecule has 1 saturated heterocycles. The summed E-state index contributed by atoms with van der Waals surface area (Å²) in [5, 5.41) is 2.95. The first-order valence-corrected chi connectivity index (χ1v) is 5.83. The second-order valence-corrected chi connectivity index (χ2v) is 4.43. The summed E-state index contributed by atoms with van der Waals surface area (Å²) in [4.78, 5) is 11.4. The lowest BCUT2D eigenvalue weighted by atomic mass is 9.92. The van der Waals surface area contributed by atoms with Crippen LogP contribution in [0.2, 0.25) is 0 Å². The number of nitrogens with two attached hydrogens (primary N) is 1. The van der Waals surface area contributed by atoms with E-state index in [1.54, 1.807) is 7.11 Å². The lowest BCUT2D eigenvalue weighted by Crippen LogP contribution is -2.45. The first-order chi connectivity index (χ1) is 8.20. The fraction of sp³-hybridized carbons (Fsp3) is 0.462. The highest BCUT2D eigenvalue weighted by Crippen LogP contribution is 2.23. The molecule has 1 aromatic carbocycles. The Morgan fingerprint density at radius 3 is 3.12 bits per heavy atom. The molecule has 2 unspecified atom stereocenters. The fourth-order valence-corrected chi connectivity index (χ4v) is 2.19. The van der Waals surface area contributed by atoms with E-state index >= 15 is 0 Å². The third kappa shape index (κ3) is 2.84. The van der Waals surface area contributed by atoms with Gasteiger partial charge in [-0.15, -0.1) is 0 Å². The van der Waals surface area contributed by atoms with E-state index in [9.17, 15) is 4.79 Å². The number of hydrogen-bond donors (Lipinski definition) is 2.